The molecule has 0 N–H and O–H groups in total. The molecule has 2 atom stereocenters. The minimum Gasteiger partial charge on any atom is -0.495 e. The molecule has 0 saturated carbocycles. The molecule has 0 radical (unpaired) electrons. The predicted molar refractivity (Wildman–Crippen MR) is 97.0 cm³/mol. The Morgan fingerprint density at radius 2 is 2.28 bits per heavy atom. The van der Waals surface area contributed by atoms with Crippen molar-refractivity contribution >= 4 is 50.0 Å². The number of anilines is 1. The fraction of sp³-hybridized carbons (Fsp3) is 0.400. The van der Waals surface area contributed by atoms with Crippen molar-refractivity contribution in [1.82, 2.24) is 0 Å². The molecule has 0 spiro atoms. The summed E-state index contributed by atoms with van der Waals surface area (Å²) in [5.41, 5.74) is 0.551. The number of nitriles is 1. The van der Waals surface area contributed by atoms with E-state index in [0.29, 0.717) is 21.6 Å². The van der Waals surface area contributed by atoms with Crippen LogP contribution >= 0.6 is 23.4 Å². The first kappa shape index (κ1) is 18.0. The Hall–Kier alpha value is -1.76. The van der Waals surface area contributed by atoms with Crippen molar-refractivity contribution in [3.63, 3.8) is 0 Å². The molecule has 132 valence electrons. The lowest BCUT2D eigenvalue weighted by molar-refractivity contribution is -0.116. The molecular weight excluding hydrogens is 386 g/mol. The zero-order valence-electron chi connectivity index (χ0n) is 13.2. The molecule has 0 unspecified atom stereocenters. The Bertz CT molecular complexity index is 895. The van der Waals surface area contributed by atoms with E-state index in [1.807, 2.05) is 0 Å². The van der Waals surface area contributed by atoms with Gasteiger partial charge in [0, 0.05) is 10.3 Å². The Morgan fingerprint density at radius 3 is 2.96 bits per heavy atom. The fourth-order valence-corrected chi connectivity index (χ4v) is 7.00. The molecule has 2 aliphatic heterocycles. The standard InChI is InChI=1S/C15H14ClN3O4S2/c1-23-12-3-2-9(16)6-10(12)19-11-7-25(21,22)8-13(11)24-15(19)18-14(20)4-5-17/h2-3,6,11,13H,4,7-8H2,1H3/t11-,13-/m0/s1. The fourth-order valence-electron chi connectivity index (χ4n) is 2.91. The Kier molecular flexibility index (Phi) is 4.95. The van der Waals surface area contributed by atoms with Crippen LogP contribution in [0.2, 0.25) is 5.02 Å². The molecule has 1 aromatic rings. The molecule has 2 saturated heterocycles. The first-order valence-corrected chi connectivity index (χ1v) is 10.4. The van der Waals surface area contributed by atoms with Gasteiger partial charge in [-0.05, 0) is 18.2 Å². The highest BCUT2D eigenvalue weighted by molar-refractivity contribution is 8.16. The van der Waals surface area contributed by atoms with Crippen LogP contribution in [-0.4, -0.2) is 49.4 Å². The monoisotopic (exact) mass is 399 g/mol. The number of thioether (sulfide) groups is 1. The highest BCUT2D eigenvalue weighted by Gasteiger charge is 2.50. The molecule has 7 nitrogen and oxygen atoms in total. The average Bonchev–Trinajstić information content (AvgIpc) is 2.98. The normalized spacial score (nSPS) is 25.6. The first-order valence-electron chi connectivity index (χ1n) is 7.33. The number of carbonyl (C=O) groups excluding carboxylic acids is 1. The van der Waals surface area contributed by atoms with E-state index in [1.54, 1.807) is 29.2 Å². The number of halogens is 1. The minimum atomic E-state index is -3.17. The van der Waals surface area contributed by atoms with Crippen LogP contribution in [0.3, 0.4) is 0 Å². The molecular formula is C15H14ClN3O4S2. The Balaban J connectivity index is 2.09. The summed E-state index contributed by atoms with van der Waals surface area (Å²) < 4.78 is 29.4. The van der Waals surface area contributed by atoms with Crippen LogP contribution in [0, 0.1) is 11.3 Å². The number of methoxy groups -OCH3 is 1. The topological polar surface area (TPSA) is 99.8 Å². The lowest BCUT2D eigenvalue weighted by Gasteiger charge is -2.26. The molecule has 2 aliphatic rings. The number of amides is 1. The zero-order valence-corrected chi connectivity index (χ0v) is 15.6. The van der Waals surface area contributed by atoms with E-state index in [9.17, 15) is 13.2 Å². The van der Waals surface area contributed by atoms with Gasteiger partial charge in [-0.3, -0.25) is 4.79 Å². The van der Waals surface area contributed by atoms with E-state index in [-0.39, 0.29) is 29.2 Å². The van der Waals surface area contributed by atoms with Crippen molar-refractivity contribution in [2.45, 2.75) is 17.7 Å². The summed E-state index contributed by atoms with van der Waals surface area (Å²) in [6.07, 6.45) is -0.335. The van der Waals surface area contributed by atoms with Gasteiger partial charge in [0.15, 0.2) is 15.0 Å². The van der Waals surface area contributed by atoms with E-state index in [0.717, 1.165) is 0 Å². The molecule has 1 amide bonds. The van der Waals surface area contributed by atoms with Gasteiger partial charge in [0.2, 0.25) is 0 Å². The average molecular weight is 400 g/mol. The van der Waals surface area contributed by atoms with E-state index in [2.05, 4.69) is 4.99 Å². The third-order valence-electron chi connectivity index (χ3n) is 3.92. The van der Waals surface area contributed by atoms with Crippen molar-refractivity contribution in [1.29, 1.82) is 5.26 Å². The van der Waals surface area contributed by atoms with Gasteiger partial charge in [0.25, 0.3) is 5.91 Å². The highest BCUT2D eigenvalue weighted by atomic mass is 35.5. The number of aliphatic imine (C=N–C) groups is 1. The number of ether oxygens (including phenoxy) is 1. The molecule has 0 bridgehead atoms. The van der Waals surface area contributed by atoms with Crippen LogP contribution in [-0.2, 0) is 14.6 Å². The maximum absolute atomic E-state index is 12.0. The quantitative estimate of drug-likeness (QED) is 0.764. The smallest absolute Gasteiger partial charge is 0.262 e. The van der Waals surface area contributed by atoms with Crippen LogP contribution in [0.4, 0.5) is 5.69 Å². The Morgan fingerprint density at radius 1 is 1.52 bits per heavy atom. The summed E-state index contributed by atoms with van der Waals surface area (Å²) in [6.45, 7) is 0. The summed E-state index contributed by atoms with van der Waals surface area (Å²) >= 11 is 7.33. The van der Waals surface area contributed by atoms with Crippen LogP contribution in [0.25, 0.3) is 0 Å². The summed E-state index contributed by atoms with van der Waals surface area (Å²) in [6, 6.07) is 6.39. The van der Waals surface area contributed by atoms with Crippen LogP contribution < -0.4 is 9.64 Å². The van der Waals surface area contributed by atoms with Gasteiger partial charge in [-0.15, -0.1) is 0 Å². The van der Waals surface area contributed by atoms with Crippen molar-refractivity contribution in [2.75, 3.05) is 23.5 Å². The number of amidine groups is 1. The number of sulfone groups is 1. The van der Waals surface area contributed by atoms with E-state index in [4.69, 9.17) is 21.6 Å². The predicted octanol–water partition coefficient (Wildman–Crippen LogP) is 1.86. The van der Waals surface area contributed by atoms with E-state index >= 15 is 0 Å². The van der Waals surface area contributed by atoms with Gasteiger partial charge in [0.1, 0.15) is 12.2 Å². The van der Waals surface area contributed by atoms with Crippen molar-refractivity contribution < 1.29 is 17.9 Å². The summed E-state index contributed by atoms with van der Waals surface area (Å²) in [4.78, 5) is 17.5. The number of fused-ring (bicyclic) bond motifs is 1. The summed E-state index contributed by atoms with van der Waals surface area (Å²) in [5, 5.41) is 9.25. The van der Waals surface area contributed by atoms with E-state index in [1.165, 1.54) is 18.9 Å². The number of rotatable bonds is 3. The Labute approximate surface area is 154 Å². The number of carbonyl (C=O) groups is 1. The van der Waals surface area contributed by atoms with Gasteiger partial charge in [-0.2, -0.15) is 10.3 Å². The van der Waals surface area contributed by atoms with Crippen LogP contribution in [0.1, 0.15) is 6.42 Å². The maximum atomic E-state index is 12.0. The molecule has 3 rings (SSSR count). The summed E-state index contributed by atoms with van der Waals surface area (Å²) in [7, 11) is -1.67. The molecule has 10 heteroatoms. The molecule has 2 heterocycles. The molecule has 2 fully saturated rings. The SMILES string of the molecule is COc1ccc(Cl)cc1N1C(=NC(=O)CC#N)S[C@H]2CS(=O)(=O)C[C@@H]21. The van der Waals surface area contributed by atoms with Crippen molar-refractivity contribution in [3.05, 3.63) is 23.2 Å². The third kappa shape index (κ3) is 3.61. The number of hydrogen-bond acceptors (Lipinski definition) is 6. The molecule has 1 aromatic carbocycles. The first-order chi connectivity index (χ1) is 11.8. The molecule has 0 aliphatic carbocycles. The third-order valence-corrected chi connectivity index (χ3v) is 7.36. The molecule has 0 aromatic heterocycles. The van der Waals surface area contributed by atoms with Gasteiger partial charge in [0.05, 0.1) is 36.4 Å². The van der Waals surface area contributed by atoms with Crippen molar-refractivity contribution in [3.8, 4) is 11.8 Å². The van der Waals surface area contributed by atoms with Crippen LogP contribution in [0.15, 0.2) is 23.2 Å². The van der Waals surface area contributed by atoms with Crippen LogP contribution in [0.5, 0.6) is 5.75 Å². The largest absolute Gasteiger partial charge is 0.495 e. The number of hydrogen-bond donors (Lipinski definition) is 0. The molecule has 25 heavy (non-hydrogen) atoms. The minimum absolute atomic E-state index is 0.0210. The summed E-state index contributed by atoms with van der Waals surface area (Å²) in [5.74, 6) is -0.0897. The van der Waals surface area contributed by atoms with E-state index < -0.39 is 15.7 Å². The van der Waals surface area contributed by atoms with Gasteiger partial charge >= 0.3 is 0 Å². The lowest BCUT2D eigenvalue weighted by Crippen LogP contribution is -2.38. The number of nitrogens with zero attached hydrogens (tertiary/aromatic N) is 3. The zero-order chi connectivity index (χ0) is 18.2. The van der Waals surface area contributed by atoms with Gasteiger partial charge < -0.3 is 9.64 Å². The second-order valence-electron chi connectivity index (χ2n) is 5.61. The van der Waals surface area contributed by atoms with Gasteiger partial charge in [-0.1, -0.05) is 23.4 Å². The second kappa shape index (κ2) is 6.86. The maximum Gasteiger partial charge on any atom is 0.262 e. The highest BCUT2D eigenvalue weighted by Crippen LogP contribution is 2.44. The number of benzene rings is 1. The van der Waals surface area contributed by atoms with Gasteiger partial charge in [-0.25, -0.2) is 8.42 Å². The van der Waals surface area contributed by atoms with Crippen molar-refractivity contribution in [2.24, 2.45) is 4.99 Å². The lowest BCUT2D eigenvalue weighted by atomic mass is 10.2. The second-order valence-corrected chi connectivity index (χ2v) is 9.41.